The Morgan fingerprint density at radius 3 is 1.71 bits per heavy atom. The Kier molecular flexibility index (Phi) is 5.96. The number of carbonyl (C=O) groups excluding carboxylic acids is 2. The first-order valence-electron chi connectivity index (χ1n) is 7.54. The molecule has 0 radical (unpaired) electrons. The summed E-state index contributed by atoms with van der Waals surface area (Å²) in [5, 5.41) is 0. The molecule has 21 heavy (non-hydrogen) atoms. The van der Waals surface area contributed by atoms with Crippen LogP contribution in [0, 0.1) is 10.8 Å². The molecule has 6 heteroatoms. The number of carbonyl (C=O) groups is 2. The lowest BCUT2D eigenvalue weighted by Gasteiger charge is -2.49. The normalized spacial score (nSPS) is 31.0. The van der Waals surface area contributed by atoms with Crippen molar-refractivity contribution in [2.75, 3.05) is 18.6 Å². The van der Waals surface area contributed by atoms with Crippen molar-refractivity contribution < 1.29 is 22.7 Å². The third-order valence-corrected chi connectivity index (χ3v) is 6.81. The summed E-state index contributed by atoms with van der Waals surface area (Å²) in [5.74, 6) is 0.462. The van der Waals surface area contributed by atoms with E-state index in [1.165, 1.54) is 7.11 Å². The van der Waals surface area contributed by atoms with E-state index in [-0.39, 0.29) is 28.3 Å². The van der Waals surface area contributed by atoms with Crippen LogP contribution in [0.15, 0.2) is 0 Å². The molecule has 0 saturated heterocycles. The highest BCUT2D eigenvalue weighted by molar-refractivity contribution is 7.91. The zero-order chi connectivity index (χ0) is 16.1. The van der Waals surface area contributed by atoms with E-state index in [1.807, 2.05) is 0 Å². The van der Waals surface area contributed by atoms with Crippen molar-refractivity contribution in [3.8, 4) is 0 Å². The van der Waals surface area contributed by atoms with Crippen molar-refractivity contribution in [3.05, 3.63) is 0 Å². The maximum atomic E-state index is 11.6. The number of hydrogen-bond donors (Lipinski definition) is 0. The molecule has 122 valence electrons. The molecule has 0 atom stereocenters. The van der Waals surface area contributed by atoms with Gasteiger partial charge in [-0.3, -0.25) is 4.79 Å². The molecule has 3 aliphatic rings. The van der Waals surface area contributed by atoms with E-state index in [1.54, 1.807) is 13.8 Å². The number of sulfone groups is 1. The fourth-order valence-electron chi connectivity index (χ4n) is 3.12. The molecule has 0 aromatic heterocycles. The zero-order valence-electron chi connectivity index (χ0n) is 13.2. The van der Waals surface area contributed by atoms with Gasteiger partial charge in [-0.1, -0.05) is 13.8 Å². The third-order valence-electron chi connectivity index (χ3n) is 5.05. The lowest BCUT2D eigenvalue weighted by molar-refractivity contribution is -0.163. The van der Waals surface area contributed by atoms with Crippen LogP contribution in [0.5, 0.6) is 0 Å². The predicted molar refractivity (Wildman–Crippen MR) is 80.6 cm³/mol. The summed E-state index contributed by atoms with van der Waals surface area (Å²) in [7, 11) is -1.21. The van der Waals surface area contributed by atoms with Gasteiger partial charge in [0.1, 0.15) is 16.1 Å². The van der Waals surface area contributed by atoms with Crippen molar-refractivity contribution >= 4 is 22.1 Å². The van der Waals surface area contributed by atoms with Crippen LogP contribution < -0.4 is 0 Å². The van der Waals surface area contributed by atoms with Gasteiger partial charge in [-0.25, -0.2) is 8.42 Å². The van der Waals surface area contributed by atoms with Gasteiger partial charge in [-0.2, -0.15) is 0 Å². The van der Waals surface area contributed by atoms with Crippen molar-refractivity contribution in [1.82, 2.24) is 0 Å². The van der Waals surface area contributed by atoms with Crippen LogP contribution in [-0.4, -0.2) is 39.3 Å². The molecule has 0 aromatic carbocycles. The summed E-state index contributed by atoms with van der Waals surface area (Å²) < 4.78 is 25.6. The smallest absolute Gasteiger partial charge is 0.311 e. The van der Waals surface area contributed by atoms with E-state index < -0.39 is 9.84 Å². The van der Waals surface area contributed by atoms with Gasteiger partial charge in [0.25, 0.3) is 0 Å². The topological polar surface area (TPSA) is 77.5 Å². The maximum Gasteiger partial charge on any atom is 0.311 e. The molecule has 5 nitrogen and oxygen atoms in total. The molecule has 3 saturated carbocycles. The first-order chi connectivity index (χ1) is 9.78. The lowest BCUT2D eigenvalue weighted by atomic mass is 9.54. The number of ether oxygens (including phenoxy) is 1. The average Bonchev–Trinajstić information content (AvgIpc) is 2.56. The molecular weight excluding hydrogens is 292 g/mol. The molecule has 3 fully saturated rings. The first kappa shape index (κ1) is 18.1. The van der Waals surface area contributed by atoms with Gasteiger partial charge in [0.15, 0.2) is 0 Å². The van der Waals surface area contributed by atoms with Crippen molar-refractivity contribution in [3.63, 3.8) is 0 Å². The summed E-state index contributed by atoms with van der Waals surface area (Å²) in [4.78, 5) is 22.6. The highest BCUT2D eigenvalue weighted by Gasteiger charge is 2.52. The average molecular weight is 318 g/mol. The number of fused-ring (bicyclic) bond motifs is 3. The SMILES string of the molecule is CCS(=O)(=O)CC.COC(=O)C12CCC(C=O)(CC1)CC2. The summed E-state index contributed by atoms with van der Waals surface area (Å²) in [6.07, 6.45) is 6.20. The van der Waals surface area contributed by atoms with E-state index in [9.17, 15) is 18.0 Å². The second kappa shape index (κ2) is 6.90. The fraction of sp³-hybridized carbons (Fsp3) is 0.867. The van der Waals surface area contributed by atoms with Gasteiger partial charge >= 0.3 is 5.97 Å². The minimum Gasteiger partial charge on any atom is -0.469 e. The van der Waals surface area contributed by atoms with Crippen molar-refractivity contribution in [2.45, 2.75) is 52.4 Å². The Hall–Kier alpha value is -0.910. The second-order valence-electron chi connectivity index (χ2n) is 6.07. The largest absolute Gasteiger partial charge is 0.469 e. The van der Waals surface area contributed by atoms with Crippen LogP contribution in [0.25, 0.3) is 0 Å². The molecule has 3 rings (SSSR count). The van der Waals surface area contributed by atoms with Gasteiger partial charge in [-0.05, 0) is 38.5 Å². The van der Waals surface area contributed by atoms with Crippen molar-refractivity contribution in [1.29, 1.82) is 0 Å². The van der Waals surface area contributed by atoms with E-state index in [0.717, 1.165) is 44.8 Å². The summed E-state index contributed by atoms with van der Waals surface area (Å²) >= 11 is 0. The van der Waals surface area contributed by atoms with E-state index >= 15 is 0 Å². The van der Waals surface area contributed by atoms with Gasteiger partial charge in [0.05, 0.1) is 12.5 Å². The minimum absolute atomic E-state index is 0.0725. The van der Waals surface area contributed by atoms with E-state index in [4.69, 9.17) is 4.74 Å². The molecule has 0 unspecified atom stereocenters. The maximum absolute atomic E-state index is 11.6. The summed E-state index contributed by atoms with van der Waals surface area (Å²) in [6.45, 7) is 3.30. The quantitative estimate of drug-likeness (QED) is 0.586. The minimum atomic E-state index is -2.66. The van der Waals surface area contributed by atoms with Crippen LogP contribution in [-0.2, 0) is 24.2 Å². The zero-order valence-corrected chi connectivity index (χ0v) is 14.0. The predicted octanol–water partition coefficient (Wildman–Crippen LogP) is 2.14. The fourth-order valence-corrected chi connectivity index (χ4v) is 3.53. The Balaban J connectivity index is 0.000000270. The Labute approximate surface area is 127 Å². The highest BCUT2D eigenvalue weighted by Crippen LogP contribution is 2.56. The van der Waals surface area contributed by atoms with Crippen molar-refractivity contribution in [2.24, 2.45) is 10.8 Å². The molecular formula is C15H26O5S. The van der Waals surface area contributed by atoms with Gasteiger partial charge in [-0.15, -0.1) is 0 Å². The molecule has 0 aromatic rings. The second-order valence-corrected chi connectivity index (χ2v) is 8.71. The highest BCUT2D eigenvalue weighted by atomic mass is 32.2. The van der Waals surface area contributed by atoms with Gasteiger partial charge in [0.2, 0.25) is 0 Å². The number of rotatable bonds is 4. The molecule has 0 amide bonds. The Morgan fingerprint density at radius 1 is 1.05 bits per heavy atom. The monoisotopic (exact) mass is 318 g/mol. The Morgan fingerprint density at radius 2 is 1.48 bits per heavy atom. The van der Waals surface area contributed by atoms with Crippen LogP contribution in [0.3, 0.4) is 0 Å². The first-order valence-corrected chi connectivity index (χ1v) is 9.36. The van der Waals surface area contributed by atoms with Crippen LogP contribution in [0.4, 0.5) is 0 Å². The Bertz CT molecular complexity index is 446. The third kappa shape index (κ3) is 4.05. The van der Waals surface area contributed by atoms with Crippen LogP contribution >= 0.6 is 0 Å². The molecule has 0 N–H and O–H groups in total. The number of esters is 1. The number of aldehydes is 1. The molecule has 3 aliphatic carbocycles. The molecule has 0 aliphatic heterocycles. The molecule has 0 spiro atoms. The van der Waals surface area contributed by atoms with Crippen LogP contribution in [0.1, 0.15) is 52.4 Å². The van der Waals surface area contributed by atoms with E-state index in [2.05, 4.69) is 0 Å². The van der Waals surface area contributed by atoms with Gasteiger partial charge in [0, 0.05) is 16.9 Å². The molecule has 0 heterocycles. The number of hydrogen-bond acceptors (Lipinski definition) is 5. The summed E-state index contributed by atoms with van der Waals surface area (Å²) in [6, 6.07) is 0. The van der Waals surface area contributed by atoms with Gasteiger partial charge < -0.3 is 9.53 Å². The van der Waals surface area contributed by atoms with Crippen LogP contribution in [0.2, 0.25) is 0 Å². The summed E-state index contributed by atoms with van der Waals surface area (Å²) in [5.41, 5.74) is -0.352. The number of methoxy groups -OCH3 is 1. The lowest BCUT2D eigenvalue weighted by Crippen LogP contribution is -2.46. The van der Waals surface area contributed by atoms with E-state index in [0.29, 0.717) is 0 Å². The standard InChI is InChI=1S/C11H16O3.C4H10O2S/c1-14-9(13)11-5-2-10(8-12,3-6-11)4-7-11;1-3-7(5,6)4-2/h8H,2-7H2,1H3;3-4H2,1-2H3. The molecule has 2 bridgehead atoms.